The topological polar surface area (TPSA) is 37.8 Å². The molecule has 4 heteroatoms. The van der Waals surface area contributed by atoms with Crippen molar-refractivity contribution in [1.29, 1.82) is 0 Å². The van der Waals surface area contributed by atoms with Crippen LogP contribution in [0, 0.1) is 11.8 Å². The molecule has 1 N–H and O–H groups in total. The Hall–Kier alpha value is -0.640. The predicted octanol–water partition coefficient (Wildman–Crippen LogP) is 2.84. The second-order valence-corrected chi connectivity index (χ2v) is 5.48. The maximum atomic E-state index is 4.24. The first-order valence-electron chi connectivity index (χ1n) is 5.55. The lowest BCUT2D eigenvalue weighted by Gasteiger charge is -2.23. The van der Waals surface area contributed by atoms with E-state index in [0.717, 1.165) is 22.1 Å². The van der Waals surface area contributed by atoms with Gasteiger partial charge >= 0.3 is 0 Å². The average molecular weight is 268 g/mol. The van der Waals surface area contributed by atoms with Gasteiger partial charge in [-0.1, -0.05) is 0 Å². The highest BCUT2D eigenvalue weighted by atomic mass is 79.9. The number of hydrogen-bond acceptors (Lipinski definition) is 3. The lowest BCUT2D eigenvalue weighted by atomic mass is 9.95. The van der Waals surface area contributed by atoms with Crippen molar-refractivity contribution in [3.8, 4) is 0 Å². The van der Waals surface area contributed by atoms with E-state index in [1.807, 2.05) is 0 Å². The van der Waals surface area contributed by atoms with Crippen LogP contribution in [0.25, 0.3) is 0 Å². The Morgan fingerprint density at radius 2 is 2.20 bits per heavy atom. The van der Waals surface area contributed by atoms with E-state index in [1.54, 1.807) is 12.5 Å². The van der Waals surface area contributed by atoms with Crippen LogP contribution in [0.15, 0.2) is 17.0 Å². The fourth-order valence-electron chi connectivity index (χ4n) is 2.59. The van der Waals surface area contributed by atoms with E-state index in [0.29, 0.717) is 6.04 Å². The third kappa shape index (κ3) is 2.00. The minimum absolute atomic E-state index is 0.611. The molecule has 3 unspecified atom stereocenters. The molecule has 2 aliphatic rings. The molecular weight excluding hydrogens is 254 g/mol. The molecule has 0 aromatic carbocycles. The van der Waals surface area contributed by atoms with Crippen LogP contribution < -0.4 is 5.32 Å². The van der Waals surface area contributed by atoms with Crippen molar-refractivity contribution in [2.75, 3.05) is 5.32 Å². The molecule has 1 aromatic heterocycles. The molecule has 2 fully saturated rings. The van der Waals surface area contributed by atoms with E-state index < -0.39 is 0 Å². The number of fused-ring (bicyclic) bond motifs is 1. The van der Waals surface area contributed by atoms with E-state index in [4.69, 9.17) is 0 Å². The van der Waals surface area contributed by atoms with Crippen LogP contribution in [-0.4, -0.2) is 16.0 Å². The average Bonchev–Trinajstić information content (AvgIpc) is 3.00. The summed E-state index contributed by atoms with van der Waals surface area (Å²) >= 11 is 3.46. The van der Waals surface area contributed by atoms with Gasteiger partial charge in [-0.3, -0.25) is 0 Å². The van der Waals surface area contributed by atoms with Gasteiger partial charge < -0.3 is 5.32 Å². The van der Waals surface area contributed by atoms with E-state index >= 15 is 0 Å². The van der Waals surface area contributed by atoms with Gasteiger partial charge in [0.15, 0.2) is 0 Å². The molecule has 1 aromatic rings. The van der Waals surface area contributed by atoms with Gasteiger partial charge in [-0.25, -0.2) is 9.97 Å². The Morgan fingerprint density at radius 1 is 1.27 bits per heavy atom. The third-order valence-corrected chi connectivity index (χ3v) is 4.13. The van der Waals surface area contributed by atoms with Crippen molar-refractivity contribution in [3.63, 3.8) is 0 Å². The van der Waals surface area contributed by atoms with E-state index in [2.05, 4.69) is 31.2 Å². The van der Waals surface area contributed by atoms with Crippen molar-refractivity contribution in [2.45, 2.75) is 31.7 Å². The maximum absolute atomic E-state index is 4.24. The Bertz CT molecular complexity index is 369. The lowest BCUT2D eigenvalue weighted by molar-refractivity contribution is 0.441. The van der Waals surface area contributed by atoms with Crippen molar-refractivity contribution >= 4 is 21.7 Å². The van der Waals surface area contributed by atoms with Crippen molar-refractivity contribution in [2.24, 2.45) is 11.8 Å². The molecule has 2 saturated carbocycles. The summed E-state index contributed by atoms with van der Waals surface area (Å²) in [5.41, 5.74) is 0. The molecule has 3 atom stereocenters. The zero-order valence-corrected chi connectivity index (χ0v) is 10.1. The van der Waals surface area contributed by atoms with Gasteiger partial charge in [0, 0.05) is 12.2 Å². The van der Waals surface area contributed by atoms with Crippen LogP contribution in [-0.2, 0) is 0 Å². The van der Waals surface area contributed by atoms with E-state index in [9.17, 15) is 0 Å². The fraction of sp³-hybridized carbons (Fsp3) is 0.636. The number of nitrogens with one attached hydrogen (secondary N) is 1. The Balaban J connectivity index is 1.67. The van der Waals surface area contributed by atoms with Crippen molar-refractivity contribution in [1.82, 2.24) is 9.97 Å². The molecule has 1 heterocycles. The monoisotopic (exact) mass is 267 g/mol. The maximum Gasteiger partial charge on any atom is 0.143 e. The standard InChI is InChI=1S/C11H14BrN3/c12-10-5-13-6-14-11(10)15-9-2-1-7-3-8(7)4-9/h5-9H,1-4H2,(H,13,14,15). The second-order valence-electron chi connectivity index (χ2n) is 4.63. The van der Waals surface area contributed by atoms with E-state index in [1.165, 1.54) is 25.7 Å². The second kappa shape index (κ2) is 3.74. The summed E-state index contributed by atoms with van der Waals surface area (Å²) in [6, 6.07) is 0.611. The minimum atomic E-state index is 0.611. The first-order valence-corrected chi connectivity index (χ1v) is 6.34. The zero-order chi connectivity index (χ0) is 10.3. The summed E-state index contributed by atoms with van der Waals surface area (Å²) in [6.45, 7) is 0. The largest absolute Gasteiger partial charge is 0.366 e. The highest BCUT2D eigenvalue weighted by molar-refractivity contribution is 9.10. The van der Waals surface area contributed by atoms with Crippen LogP contribution >= 0.6 is 15.9 Å². The fourth-order valence-corrected chi connectivity index (χ4v) is 2.93. The third-order valence-electron chi connectivity index (χ3n) is 3.55. The summed E-state index contributed by atoms with van der Waals surface area (Å²) < 4.78 is 0.961. The summed E-state index contributed by atoms with van der Waals surface area (Å²) in [6.07, 6.45) is 8.85. The molecule has 0 bridgehead atoms. The first kappa shape index (κ1) is 9.58. The normalized spacial score (nSPS) is 33.3. The molecule has 80 valence electrons. The van der Waals surface area contributed by atoms with Crippen LogP contribution in [0.1, 0.15) is 25.7 Å². The molecule has 0 saturated heterocycles. The Kier molecular flexibility index (Phi) is 2.39. The number of hydrogen-bond donors (Lipinski definition) is 1. The number of rotatable bonds is 2. The van der Waals surface area contributed by atoms with Gasteiger partial charge in [0.1, 0.15) is 12.1 Å². The van der Waals surface area contributed by atoms with Crippen LogP contribution in [0.3, 0.4) is 0 Å². The number of anilines is 1. The van der Waals surface area contributed by atoms with Gasteiger partial charge in [-0.15, -0.1) is 0 Å². The van der Waals surface area contributed by atoms with Gasteiger partial charge in [-0.2, -0.15) is 0 Å². The molecular formula is C11H14BrN3. The van der Waals surface area contributed by atoms with Crippen LogP contribution in [0.5, 0.6) is 0 Å². The molecule has 0 aliphatic heterocycles. The van der Waals surface area contributed by atoms with Gasteiger partial charge in [0.05, 0.1) is 4.47 Å². The predicted molar refractivity (Wildman–Crippen MR) is 62.6 cm³/mol. The summed E-state index contributed by atoms with van der Waals surface area (Å²) in [7, 11) is 0. The van der Waals surface area contributed by atoms with Crippen LogP contribution in [0.2, 0.25) is 0 Å². The SMILES string of the molecule is Brc1cncnc1NC1CCC2CC2C1. The Labute approximate surface area is 97.8 Å². The molecule has 0 amide bonds. The highest BCUT2D eigenvalue weighted by Crippen LogP contribution is 2.49. The van der Waals surface area contributed by atoms with Gasteiger partial charge in [-0.05, 0) is 53.4 Å². The first-order chi connectivity index (χ1) is 7.33. The lowest BCUT2D eigenvalue weighted by Crippen LogP contribution is -2.24. The van der Waals surface area contributed by atoms with Gasteiger partial charge in [0.25, 0.3) is 0 Å². The molecule has 2 aliphatic carbocycles. The van der Waals surface area contributed by atoms with Crippen molar-refractivity contribution < 1.29 is 0 Å². The summed E-state index contributed by atoms with van der Waals surface area (Å²) in [5, 5.41) is 3.51. The molecule has 0 spiro atoms. The number of nitrogens with zero attached hydrogens (tertiary/aromatic N) is 2. The molecule has 15 heavy (non-hydrogen) atoms. The van der Waals surface area contributed by atoms with Gasteiger partial charge in [0.2, 0.25) is 0 Å². The minimum Gasteiger partial charge on any atom is -0.366 e. The van der Waals surface area contributed by atoms with Crippen molar-refractivity contribution in [3.05, 3.63) is 17.0 Å². The summed E-state index contributed by atoms with van der Waals surface area (Å²) in [5.74, 6) is 2.99. The number of aromatic nitrogens is 2. The molecule has 0 radical (unpaired) electrons. The quantitative estimate of drug-likeness (QED) is 0.896. The summed E-state index contributed by atoms with van der Waals surface area (Å²) in [4.78, 5) is 8.21. The molecule has 3 rings (SSSR count). The smallest absolute Gasteiger partial charge is 0.143 e. The van der Waals surface area contributed by atoms with Crippen LogP contribution in [0.4, 0.5) is 5.82 Å². The Morgan fingerprint density at radius 3 is 3.00 bits per heavy atom. The number of halogens is 1. The highest BCUT2D eigenvalue weighted by Gasteiger charge is 2.41. The zero-order valence-electron chi connectivity index (χ0n) is 8.49. The van der Waals surface area contributed by atoms with E-state index in [-0.39, 0.29) is 0 Å². The molecule has 3 nitrogen and oxygen atoms in total.